The summed E-state index contributed by atoms with van der Waals surface area (Å²) in [5.41, 5.74) is 1.24. The number of ether oxygens (including phenoxy) is 1. The van der Waals surface area contributed by atoms with Crippen molar-refractivity contribution in [2.24, 2.45) is 0 Å². The summed E-state index contributed by atoms with van der Waals surface area (Å²) >= 11 is 0. The van der Waals surface area contributed by atoms with E-state index in [0.29, 0.717) is 12.1 Å². The molecule has 100 valence electrons. The standard InChI is InChI=1S/C15H24N2O/c1-12(14-8-4-5-9-15(14)18-3)16-13-7-6-10-17(2)11-13/h4-5,8-9,12-13,16H,6-7,10-11H2,1-3H3/t12-,13?/m1/s1. The van der Waals surface area contributed by atoms with Crippen LogP contribution in [0.25, 0.3) is 0 Å². The van der Waals surface area contributed by atoms with Gasteiger partial charge in [0.25, 0.3) is 0 Å². The summed E-state index contributed by atoms with van der Waals surface area (Å²) in [4.78, 5) is 2.40. The number of para-hydroxylation sites is 1. The number of benzene rings is 1. The fraction of sp³-hybridized carbons (Fsp3) is 0.600. The lowest BCUT2D eigenvalue weighted by Crippen LogP contribution is -2.44. The third-order valence-corrected chi connectivity index (χ3v) is 3.72. The van der Waals surface area contributed by atoms with Crippen LogP contribution in [0.3, 0.4) is 0 Å². The Kier molecular flexibility index (Phi) is 4.61. The second-order valence-electron chi connectivity index (χ2n) is 5.23. The molecule has 0 aromatic heterocycles. The van der Waals surface area contributed by atoms with Crippen molar-refractivity contribution in [2.75, 3.05) is 27.2 Å². The maximum Gasteiger partial charge on any atom is 0.123 e. The van der Waals surface area contributed by atoms with E-state index in [1.165, 1.54) is 24.9 Å². The number of likely N-dealkylation sites (N-methyl/N-ethyl adjacent to an activating group) is 1. The van der Waals surface area contributed by atoms with Crippen LogP contribution in [0.2, 0.25) is 0 Å². The van der Waals surface area contributed by atoms with Crippen LogP contribution in [0, 0.1) is 0 Å². The van der Waals surface area contributed by atoms with Crippen molar-refractivity contribution in [3.8, 4) is 5.75 Å². The first-order valence-electron chi connectivity index (χ1n) is 6.78. The van der Waals surface area contributed by atoms with Gasteiger partial charge in [0, 0.05) is 24.2 Å². The Morgan fingerprint density at radius 2 is 2.17 bits per heavy atom. The van der Waals surface area contributed by atoms with Crippen molar-refractivity contribution in [1.82, 2.24) is 10.2 Å². The normalized spacial score (nSPS) is 22.7. The van der Waals surface area contributed by atoms with Gasteiger partial charge >= 0.3 is 0 Å². The van der Waals surface area contributed by atoms with Gasteiger partial charge in [-0.25, -0.2) is 0 Å². The lowest BCUT2D eigenvalue weighted by atomic mass is 10.0. The zero-order valence-electron chi connectivity index (χ0n) is 11.6. The molecule has 0 amide bonds. The third-order valence-electron chi connectivity index (χ3n) is 3.72. The predicted octanol–water partition coefficient (Wildman–Crippen LogP) is 2.44. The van der Waals surface area contributed by atoms with Crippen molar-refractivity contribution in [1.29, 1.82) is 0 Å². The average Bonchev–Trinajstić information content (AvgIpc) is 2.38. The minimum Gasteiger partial charge on any atom is -0.496 e. The van der Waals surface area contributed by atoms with E-state index in [0.717, 1.165) is 12.3 Å². The molecule has 0 radical (unpaired) electrons. The van der Waals surface area contributed by atoms with Gasteiger partial charge in [-0.1, -0.05) is 18.2 Å². The highest BCUT2D eigenvalue weighted by molar-refractivity contribution is 5.35. The Hall–Kier alpha value is -1.06. The van der Waals surface area contributed by atoms with E-state index in [9.17, 15) is 0 Å². The molecule has 1 unspecified atom stereocenters. The molecule has 1 aliphatic heterocycles. The van der Waals surface area contributed by atoms with Crippen LogP contribution >= 0.6 is 0 Å². The van der Waals surface area contributed by atoms with Crippen LogP contribution < -0.4 is 10.1 Å². The number of hydrogen-bond acceptors (Lipinski definition) is 3. The molecule has 1 heterocycles. The monoisotopic (exact) mass is 248 g/mol. The molecule has 3 nitrogen and oxygen atoms in total. The van der Waals surface area contributed by atoms with E-state index in [4.69, 9.17) is 4.74 Å². The average molecular weight is 248 g/mol. The molecule has 1 aromatic rings. The SMILES string of the molecule is COc1ccccc1[C@@H](C)NC1CCCN(C)C1. The summed E-state index contributed by atoms with van der Waals surface area (Å²) in [6, 6.07) is 9.18. The zero-order chi connectivity index (χ0) is 13.0. The smallest absolute Gasteiger partial charge is 0.123 e. The van der Waals surface area contributed by atoms with Crippen molar-refractivity contribution >= 4 is 0 Å². The molecule has 3 heteroatoms. The van der Waals surface area contributed by atoms with Gasteiger partial charge in [-0.3, -0.25) is 0 Å². The van der Waals surface area contributed by atoms with Gasteiger partial charge in [-0.2, -0.15) is 0 Å². The maximum atomic E-state index is 5.43. The van der Waals surface area contributed by atoms with Gasteiger partial charge in [-0.15, -0.1) is 0 Å². The molecule has 2 rings (SSSR count). The maximum absolute atomic E-state index is 5.43. The van der Waals surface area contributed by atoms with Gasteiger partial charge in [0.2, 0.25) is 0 Å². The Bertz CT molecular complexity index is 381. The van der Waals surface area contributed by atoms with Crippen LogP contribution in [0.15, 0.2) is 24.3 Å². The van der Waals surface area contributed by atoms with Crippen molar-refractivity contribution in [3.63, 3.8) is 0 Å². The van der Waals surface area contributed by atoms with E-state index in [1.54, 1.807) is 7.11 Å². The molecule has 0 bridgehead atoms. The van der Waals surface area contributed by atoms with E-state index >= 15 is 0 Å². The van der Waals surface area contributed by atoms with Gasteiger partial charge in [0.15, 0.2) is 0 Å². The molecule has 1 saturated heterocycles. The number of likely N-dealkylation sites (tertiary alicyclic amines) is 1. The van der Waals surface area contributed by atoms with E-state index in [1.807, 2.05) is 12.1 Å². The Labute approximate surface area is 110 Å². The van der Waals surface area contributed by atoms with E-state index in [2.05, 4.69) is 36.3 Å². The molecule has 1 N–H and O–H groups in total. The highest BCUT2D eigenvalue weighted by Crippen LogP contribution is 2.25. The van der Waals surface area contributed by atoms with Crippen molar-refractivity contribution < 1.29 is 4.74 Å². The summed E-state index contributed by atoms with van der Waals surface area (Å²) in [7, 11) is 3.93. The largest absolute Gasteiger partial charge is 0.496 e. The summed E-state index contributed by atoms with van der Waals surface area (Å²) in [5.74, 6) is 0.974. The fourth-order valence-electron chi connectivity index (χ4n) is 2.77. The molecule has 1 aromatic carbocycles. The highest BCUT2D eigenvalue weighted by Gasteiger charge is 2.20. The summed E-state index contributed by atoms with van der Waals surface area (Å²) in [6.45, 7) is 4.58. The lowest BCUT2D eigenvalue weighted by Gasteiger charge is -2.32. The summed E-state index contributed by atoms with van der Waals surface area (Å²) in [6.07, 6.45) is 2.55. The minimum absolute atomic E-state index is 0.331. The van der Waals surface area contributed by atoms with Gasteiger partial charge in [0.05, 0.1) is 7.11 Å². The Balaban J connectivity index is 2.00. The fourth-order valence-corrected chi connectivity index (χ4v) is 2.77. The molecule has 0 saturated carbocycles. The molecule has 0 aliphatic carbocycles. The van der Waals surface area contributed by atoms with Crippen molar-refractivity contribution in [3.05, 3.63) is 29.8 Å². The molecule has 1 fully saturated rings. The number of nitrogens with zero attached hydrogens (tertiary/aromatic N) is 1. The molecule has 1 aliphatic rings. The first kappa shape index (κ1) is 13.4. The van der Waals surface area contributed by atoms with E-state index < -0.39 is 0 Å². The Morgan fingerprint density at radius 3 is 2.89 bits per heavy atom. The van der Waals surface area contributed by atoms with Crippen LogP contribution in [0.5, 0.6) is 5.75 Å². The lowest BCUT2D eigenvalue weighted by molar-refractivity contribution is 0.218. The van der Waals surface area contributed by atoms with Gasteiger partial charge < -0.3 is 15.0 Å². The predicted molar refractivity (Wildman–Crippen MR) is 75.1 cm³/mol. The molecule has 2 atom stereocenters. The van der Waals surface area contributed by atoms with Crippen LogP contribution in [-0.4, -0.2) is 38.2 Å². The zero-order valence-corrected chi connectivity index (χ0v) is 11.6. The number of hydrogen-bond donors (Lipinski definition) is 1. The second kappa shape index (κ2) is 6.21. The minimum atomic E-state index is 0.331. The molecule has 18 heavy (non-hydrogen) atoms. The first-order valence-corrected chi connectivity index (χ1v) is 6.78. The quantitative estimate of drug-likeness (QED) is 0.885. The third kappa shape index (κ3) is 3.24. The number of nitrogens with one attached hydrogen (secondary N) is 1. The molecular weight excluding hydrogens is 224 g/mol. The van der Waals surface area contributed by atoms with Crippen LogP contribution in [0.4, 0.5) is 0 Å². The van der Waals surface area contributed by atoms with Gasteiger partial charge in [-0.05, 0) is 39.4 Å². The molecule has 0 spiro atoms. The van der Waals surface area contributed by atoms with Crippen LogP contribution in [-0.2, 0) is 0 Å². The number of rotatable bonds is 4. The summed E-state index contributed by atoms with van der Waals surface area (Å²) in [5, 5.41) is 3.72. The van der Waals surface area contributed by atoms with Crippen molar-refractivity contribution in [2.45, 2.75) is 31.8 Å². The number of methoxy groups -OCH3 is 1. The Morgan fingerprint density at radius 1 is 1.39 bits per heavy atom. The topological polar surface area (TPSA) is 24.5 Å². The molecular formula is C15H24N2O. The number of piperidine rings is 1. The second-order valence-corrected chi connectivity index (χ2v) is 5.23. The highest BCUT2D eigenvalue weighted by atomic mass is 16.5. The first-order chi connectivity index (χ1) is 8.70. The summed E-state index contributed by atoms with van der Waals surface area (Å²) < 4.78 is 5.43. The van der Waals surface area contributed by atoms with Crippen LogP contribution in [0.1, 0.15) is 31.4 Å². The van der Waals surface area contributed by atoms with E-state index in [-0.39, 0.29) is 0 Å². The van der Waals surface area contributed by atoms with Gasteiger partial charge in [0.1, 0.15) is 5.75 Å².